The number of hydrogen-bond acceptors (Lipinski definition) is 7. The van der Waals surface area contributed by atoms with Gasteiger partial charge >= 0.3 is 0 Å². The van der Waals surface area contributed by atoms with Crippen LogP contribution < -0.4 is 4.90 Å². The van der Waals surface area contributed by atoms with Gasteiger partial charge < -0.3 is 9.42 Å². The van der Waals surface area contributed by atoms with Crippen LogP contribution in [0.25, 0.3) is 23.0 Å². The third kappa shape index (κ3) is 3.51. The molecule has 138 valence electrons. The predicted molar refractivity (Wildman–Crippen MR) is 100 cm³/mol. The van der Waals surface area contributed by atoms with Crippen LogP contribution in [0.4, 0.5) is 11.4 Å². The van der Waals surface area contributed by atoms with Crippen molar-refractivity contribution in [3.05, 3.63) is 52.7 Å². The van der Waals surface area contributed by atoms with E-state index in [4.69, 9.17) is 4.52 Å². The summed E-state index contributed by atoms with van der Waals surface area (Å²) in [5, 5.41) is 15.6. The van der Waals surface area contributed by atoms with Crippen molar-refractivity contribution in [1.82, 2.24) is 15.1 Å². The van der Waals surface area contributed by atoms with Crippen molar-refractivity contribution >= 4 is 11.4 Å². The minimum atomic E-state index is -0.353. The Morgan fingerprint density at radius 2 is 2.19 bits per heavy atom. The second kappa shape index (κ2) is 7.14. The van der Waals surface area contributed by atoms with Gasteiger partial charge in [-0.05, 0) is 43.0 Å². The van der Waals surface area contributed by atoms with E-state index < -0.39 is 0 Å². The van der Waals surface area contributed by atoms with Crippen molar-refractivity contribution in [2.24, 2.45) is 5.92 Å². The molecule has 0 amide bonds. The highest BCUT2D eigenvalue weighted by Crippen LogP contribution is 2.35. The lowest BCUT2D eigenvalue weighted by atomic mass is 9.99. The van der Waals surface area contributed by atoms with E-state index in [2.05, 4.69) is 26.9 Å². The predicted octanol–water partition coefficient (Wildman–Crippen LogP) is 3.94. The van der Waals surface area contributed by atoms with Crippen molar-refractivity contribution in [3.63, 3.8) is 0 Å². The number of piperidine rings is 1. The van der Waals surface area contributed by atoms with Gasteiger partial charge in [0.25, 0.3) is 11.6 Å². The lowest BCUT2D eigenvalue weighted by Gasteiger charge is -2.32. The minimum Gasteiger partial charge on any atom is -0.366 e. The summed E-state index contributed by atoms with van der Waals surface area (Å²) in [5.74, 6) is 1.11. The van der Waals surface area contributed by atoms with E-state index in [1.165, 1.54) is 6.07 Å². The SMILES string of the molecule is C[C@@H]1CCCN(c2ccc(-c3nc(-c4ccccn4)no3)cc2[N+](=O)[O-])C1. The van der Waals surface area contributed by atoms with Gasteiger partial charge in [0.15, 0.2) is 0 Å². The van der Waals surface area contributed by atoms with E-state index in [1.54, 1.807) is 30.5 Å². The van der Waals surface area contributed by atoms with Gasteiger partial charge in [0, 0.05) is 30.9 Å². The fourth-order valence-corrected chi connectivity index (χ4v) is 3.42. The van der Waals surface area contributed by atoms with Crippen molar-refractivity contribution in [3.8, 4) is 23.0 Å². The highest BCUT2D eigenvalue weighted by molar-refractivity contribution is 5.71. The molecule has 1 fully saturated rings. The van der Waals surface area contributed by atoms with Gasteiger partial charge in [-0.1, -0.05) is 18.1 Å². The number of nitro benzene ring substituents is 1. The zero-order valence-corrected chi connectivity index (χ0v) is 14.9. The Kier molecular flexibility index (Phi) is 4.53. The number of hydrogen-bond donors (Lipinski definition) is 0. The molecule has 1 aromatic carbocycles. The van der Waals surface area contributed by atoms with E-state index in [0.29, 0.717) is 28.7 Å². The molecule has 0 saturated carbocycles. The zero-order valence-electron chi connectivity index (χ0n) is 14.9. The Hall–Kier alpha value is -3.29. The Balaban J connectivity index is 1.67. The van der Waals surface area contributed by atoms with Crippen LogP contribution in [0.1, 0.15) is 19.8 Å². The molecule has 3 aromatic rings. The maximum atomic E-state index is 11.7. The number of aromatic nitrogens is 3. The molecule has 8 heteroatoms. The second-order valence-corrected chi connectivity index (χ2v) is 6.79. The summed E-state index contributed by atoms with van der Waals surface area (Å²) in [4.78, 5) is 21.9. The molecule has 0 radical (unpaired) electrons. The standard InChI is InChI=1S/C19H19N5O3/c1-13-5-4-10-23(12-13)16-8-7-14(11-17(16)24(25)26)19-21-18(22-27-19)15-6-2-3-9-20-15/h2-3,6-9,11,13H,4-5,10,12H2,1H3/t13-/m1/s1. The summed E-state index contributed by atoms with van der Waals surface area (Å²) >= 11 is 0. The summed E-state index contributed by atoms with van der Waals surface area (Å²) in [6, 6.07) is 10.5. The third-order valence-corrected chi connectivity index (χ3v) is 4.74. The maximum Gasteiger partial charge on any atom is 0.293 e. The summed E-state index contributed by atoms with van der Waals surface area (Å²) in [6.45, 7) is 3.82. The summed E-state index contributed by atoms with van der Waals surface area (Å²) in [6.07, 6.45) is 3.84. The smallest absolute Gasteiger partial charge is 0.293 e. The first-order valence-corrected chi connectivity index (χ1v) is 8.90. The number of nitro groups is 1. The first kappa shape index (κ1) is 17.1. The van der Waals surface area contributed by atoms with Gasteiger partial charge in [-0.2, -0.15) is 4.98 Å². The van der Waals surface area contributed by atoms with Crippen molar-refractivity contribution in [2.45, 2.75) is 19.8 Å². The summed E-state index contributed by atoms with van der Waals surface area (Å²) < 4.78 is 5.30. The van der Waals surface area contributed by atoms with Crippen LogP contribution >= 0.6 is 0 Å². The number of anilines is 1. The molecule has 4 rings (SSSR count). The van der Waals surface area contributed by atoms with Crippen LogP contribution in [0.3, 0.4) is 0 Å². The fraction of sp³-hybridized carbons (Fsp3) is 0.316. The molecule has 0 spiro atoms. The fourth-order valence-electron chi connectivity index (χ4n) is 3.42. The lowest BCUT2D eigenvalue weighted by Crippen LogP contribution is -2.34. The second-order valence-electron chi connectivity index (χ2n) is 6.79. The van der Waals surface area contributed by atoms with Gasteiger partial charge in [0.2, 0.25) is 5.82 Å². The lowest BCUT2D eigenvalue weighted by molar-refractivity contribution is -0.384. The highest BCUT2D eigenvalue weighted by Gasteiger charge is 2.25. The van der Waals surface area contributed by atoms with Gasteiger partial charge in [0.1, 0.15) is 11.4 Å². The quantitative estimate of drug-likeness (QED) is 0.510. The Morgan fingerprint density at radius 3 is 2.93 bits per heavy atom. The molecule has 8 nitrogen and oxygen atoms in total. The van der Waals surface area contributed by atoms with Gasteiger partial charge in [0.05, 0.1) is 4.92 Å². The molecule has 3 heterocycles. The normalized spacial score (nSPS) is 17.1. The van der Waals surface area contributed by atoms with Gasteiger partial charge in [-0.3, -0.25) is 15.1 Å². The number of benzene rings is 1. The highest BCUT2D eigenvalue weighted by atomic mass is 16.6. The average Bonchev–Trinajstić information content (AvgIpc) is 3.18. The van der Waals surface area contributed by atoms with Crippen LogP contribution in [0.5, 0.6) is 0 Å². The molecule has 2 aromatic heterocycles. The molecule has 0 N–H and O–H groups in total. The Labute approximate surface area is 156 Å². The first-order valence-electron chi connectivity index (χ1n) is 8.90. The van der Waals surface area contributed by atoms with E-state index in [0.717, 1.165) is 25.9 Å². The molecular formula is C19H19N5O3. The minimum absolute atomic E-state index is 0.0548. The zero-order chi connectivity index (χ0) is 18.8. The molecule has 1 aliphatic rings. The van der Waals surface area contributed by atoms with Crippen LogP contribution in [0.2, 0.25) is 0 Å². The van der Waals surface area contributed by atoms with Crippen molar-refractivity contribution < 1.29 is 9.45 Å². The van der Waals surface area contributed by atoms with Crippen LogP contribution in [-0.4, -0.2) is 33.1 Å². The largest absolute Gasteiger partial charge is 0.366 e. The molecule has 27 heavy (non-hydrogen) atoms. The van der Waals surface area contributed by atoms with E-state index in [1.807, 2.05) is 6.07 Å². The molecule has 0 bridgehead atoms. The number of pyridine rings is 1. The molecule has 0 aliphatic carbocycles. The van der Waals surface area contributed by atoms with Crippen molar-refractivity contribution in [1.29, 1.82) is 0 Å². The van der Waals surface area contributed by atoms with Gasteiger partial charge in [-0.15, -0.1) is 0 Å². The molecule has 1 aliphatic heterocycles. The first-order chi connectivity index (χ1) is 13.1. The van der Waals surface area contributed by atoms with Crippen LogP contribution in [-0.2, 0) is 0 Å². The molecule has 0 unspecified atom stereocenters. The molecular weight excluding hydrogens is 346 g/mol. The van der Waals surface area contributed by atoms with Crippen molar-refractivity contribution in [2.75, 3.05) is 18.0 Å². The van der Waals surface area contributed by atoms with Gasteiger partial charge in [-0.25, -0.2) is 0 Å². The van der Waals surface area contributed by atoms with Crippen LogP contribution in [0, 0.1) is 16.0 Å². The van der Waals surface area contributed by atoms with E-state index in [9.17, 15) is 10.1 Å². The Morgan fingerprint density at radius 1 is 1.30 bits per heavy atom. The summed E-state index contributed by atoms with van der Waals surface area (Å²) in [7, 11) is 0. The summed E-state index contributed by atoms with van der Waals surface area (Å²) in [5.41, 5.74) is 1.80. The van der Waals surface area contributed by atoms with Crippen LogP contribution in [0.15, 0.2) is 47.1 Å². The molecule has 1 saturated heterocycles. The number of nitrogens with zero attached hydrogens (tertiary/aromatic N) is 5. The van der Waals surface area contributed by atoms with E-state index >= 15 is 0 Å². The topological polar surface area (TPSA) is 98.2 Å². The monoisotopic (exact) mass is 365 g/mol. The molecule has 1 atom stereocenters. The number of rotatable bonds is 4. The third-order valence-electron chi connectivity index (χ3n) is 4.74. The van der Waals surface area contributed by atoms with E-state index in [-0.39, 0.29) is 16.5 Å². The average molecular weight is 365 g/mol. The maximum absolute atomic E-state index is 11.7. The Bertz CT molecular complexity index is 957.